The minimum absolute atomic E-state index is 0.0351. The van der Waals surface area contributed by atoms with Gasteiger partial charge in [-0.15, -0.1) is 0 Å². The minimum atomic E-state index is -3.07. The van der Waals surface area contributed by atoms with Crippen LogP contribution in [0, 0.1) is 29.1 Å². The molecule has 4 aliphatic rings. The minimum Gasteiger partial charge on any atom is -0.372 e. The Hall–Kier alpha value is -3.84. The predicted octanol–water partition coefficient (Wildman–Crippen LogP) is 2.31. The van der Waals surface area contributed by atoms with Gasteiger partial charge in [0.2, 0.25) is 11.8 Å². The number of carbonyl (C=O) groups excluding carboxylic acids is 3. The molecule has 5 atom stereocenters. The molecule has 2 aromatic rings. The first kappa shape index (κ1) is 25.4. The van der Waals surface area contributed by atoms with Crippen molar-refractivity contribution in [3.63, 3.8) is 0 Å². The number of halogens is 2. The fourth-order valence-electron chi connectivity index (χ4n) is 7.01. The molecule has 0 bridgehead atoms. The van der Waals surface area contributed by atoms with Crippen LogP contribution < -0.4 is 10.6 Å². The van der Waals surface area contributed by atoms with Crippen molar-refractivity contribution >= 4 is 17.7 Å². The Balaban J connectivity index is 1.35. The standard InChI is InChI=1S/C29H28F2N4O4/c30-28(31)11-9-20-23(28)15-35(24(20)26(37)34-17(14-32)13-16-10-12-33-25(16)36)27(38)29(39)21-7-3-1-5-18(21)19-6-2-4-8-22(19)29/h1-8,16-17,20,23-24,39H,9-13,15H2,(H,33,36)(H,34,37)/t16-,17-,20-,23-,24-/m1/s1. The molecule has 39 heavy (non-hydrogen) atoms. The largest absolute Gasteiger partial charge is 0.372 e. The fourth-order valence-corrected chi connectivity index (χ4v) is 7.01. The van der Waals surface area contributed by atoms with E-state index < -0.39 is 59.6 Å². The Bertz CT molecular complexity index is 1360. The summed E-state index contributed by atoms with van der Waals surface area (Å²) in [6.45, 7) is 0.102. The zero-order valence-corrected chi connectivity index (χ0v) is 21.1. The second kappa shape index (κ2) is 9.12. The summed E-state index contributed by atoms with van der Waals surface area (Å²) >= 11 is 0. The molecule has 1 saturated carbocycles. The maximum absolute atomic E-state index is 14.9. The van der Waals surface area contributed by atoms with E-state index >= 15 is 0 Å². The summed E-state index contributed by atoms with van der Waals surface area (Å²) < 4.78 is 29.9. The van der Waals surface area contributed by atoms with Gasteiger partial charge in [0, 0.05) is 42.5 Å². The number of nitriles is 1. The molecule has 6 rings (SSSR count). The number of nitrogens with one attached hydrogen (secondary N) is 2. The smallest absolute Gasteiger partial charge is 0.264 e. The van der Waals surface area contributed by atoms with Crippen molar-refractivity contribution in [2.45, 2.75) is 49.3 Å². The van der Waals surface area contributed by atoms with Crippen molar-refractivity contribution < 1.29 is 28.3 Å². The molecular formula is C29H28F2N4O4. The molecule has 2 heterocycles. The lowest BCUT2D eigenvalue weighted by Crippen LogP contribution is -2.55. The monoisotopic (exact) mass is 534 g/mol. The van der Waals surface area contributed by atoms with E-state index in [9.17, 15) is 33.5 Å². The molecule has 0 aromatic heterocycles. The highest BCUT2D eigenvalue weighted by Gasteiger charge is 2.63. The number of nitrogens with zero attached hydrogens (tertiary/aromatic N) is 2. The van der Waals surface area contributed by atoms with Gasteiger partial charge in [-0.1, -0.05) is 48.5 Å². The topological polar surface area (TPSA) is 123 Å². The van der Waals surface area contributed by atoms with Gasteiger partial charge in [0.1, 0.15) is 12.1 Å². The molecule has 3 amide bonds. The first-order chi connectivity index (χ1) is 18.7. The van der Waals surface area contributed by atoms with Crippen LogP contribution >= 0.6 is 0 Å². The Labute approximate surface area is 224 Å². The van der Waals surface area contributed by atoms with Crippen LogP contribution in [0.1, 0.15) is 36.8 Å². The quantitative estimate of drug-likeness (QED) is 0.544. The molecule has 202 valence electrons. The summed E-state index contributed by atoms with van der Waals surface area (Å²) in [5.74, 6) is -7.33. The normalized spacial score (nSPS) is 28.2. The highest BCUT2D eigenvalue weighted by molar-refractivity contribution is 6.01. The summed E-state index contributed by atoms with van der Waals surface area (Å²) in [6.07, 6.45) is 0.259. The third-order valence-corrected chi connectivity index (χ3v) is 8.92. The van der Waals surface area contributed by atoms with E-state index in [2.05, 4.69) is 10.6 Å². The molecule has 3 fully saturated rings. The third-order valence-electron chi connectivity index (χ3n) is 8.92. The summed E-state index contributed by atoms with van der Waals surface area (Å²) in [7, 11) is 0. The molecular weight excluding hydrogens is 506 g/mol. The number of alkyl halides is 2. The summed E-state index contributed by atoms with van der Waals surface area (Å²) in [4.78, 5) is 41.0. The van der Waals surface area contributed by atoms with Gasteiger partial charge in [0.25, 0.3) is 11.8 Å². The van der Waals surface area contributed by atoms with E-state index in [0.717, 1.165) is 4.90 Å². The summed E-state index contributed by atoms with van der Waals surface area (Å²) in [5.41, 5.74) is -0.165. The van der Waals surface area contributed by atoms with Gasteiger partial charge in [-0.25, -0.2) is 8.78 Å². The van der Waals surface area contributed by atoms with E-state index in [1.54, 1.807) is 48.5 Å². The van der Waals surface area contributed by atoms with Crippen molar-refractivity contribution in [3.8, 4) is 17.2 Å². The number of likely N-dealkylation sites (tertiary alicyclic amines) is 1. The number of carbonyl (C=O) groups is 3. The average molecular weight is 535 g/mol. The second-order valence-electron chi connectivity index (χ2n) is 11.0. The second-order valence-corrected chi connectivity index (χ2v) is 11.0. The van der Waals surface area contributed by atoms with Crippen molar-refractivity contribution in [1.82, 2.24) is 15.5 Å². The number of hydrogen-bond acceptors (Lipinski definition) is 5. The van der Waals surface area contributed by atoms with Gasteiger partial charge in [-0.3, -0.25) is 14.4 Å². The lowest BCUT2D eigenvalue weighted by molar-refractivity contribution is -0.153. The average Bonchev–Trinajstić information content (AvgIpc) is 3.66. The number of aliphatic hydroxyl groups is 1. The molecule has 2 aromatic carbocycles. The molecule has 2 aliphatic heterocycles. The molecule has 3 N–H and O–H groups in total. The van der Waals surface area contributed by atoms with Gasteiger partial charge in [0.05, 0.1) is 6.07 Å². The molecule has 8 nitrogen and oxygen atoms in total. The van der Waals surface area contributed by atoms with Crippen LogP contribution in [-0.4, -0.2) is 58.8 Å². The van der Waals surface area contributed by atoms with E-state index in [-0.39, 0.29) is 25.3 Å². The Morgan fingerprint density at radius 1 is 1.13 bits per heavy atom. The Kier molecular flexibility index (Phi) is 5.95. The third kappa shape index (κ3) is 3.82. The number of amides is 3. The first-order valence-corrected chi connectivity index (χ1v) is 13.2. The molecule has 0 unspecified atom stereocenters. The lowest BCUT2D eigenvalue weighted by atomic mass is 9.88. The summed E-state index contributed by atoms with van der Waals surface area (Å²) in [5, 5.41) is 27.1. The maximum atomic E-state index is 14.9. The van der Waals surface area contributed by atoms with Crippen molar-refractivity contribution in [2.75, 3.05) is 13.1 Å². The fraction of sp³-hybridized carbons (Fsp3) is 0.448. The van der Waals surface area contributed by atoms with Crippen LogP contribution in [0.3, 0.4) is 0 Å². The summed E-state index contributed by atoms with van der Waals surface area (Å²) in [6, 6.07) is 13.5. The van der Waals surface area contributed by atoms with Crippen molar-refractivity contribution in [2.24, 2.45) is 17.8 Å². The molecule has 2 aliphatic carbocycles. The van der Waals surface area contributed by atoms with Crippen LogP contribution in [-0.2, 0) is 20.0 Å². The van der Waals surface area contributed by atoms with Gasteiger partial charge in [0.15, 0.2) is 5.60 Å². The van der Waals surface area contributed by atoms with Gasteiger partial charge < -0.3 is 20.6 Å². The van der Waals surface area contributed by atoms with E-state index in [1.165, 1.54) is 0 Å². The van der Waals surface area contributed by atoms with Gasteiger partial charge in [-0.2, -0.15) is 5.26 Å². The highest BCUT2D eigenvalue weighted by atomic mass is 19.3. The molecule has 0 radical (unpaired) electrons. The SMILES string of the molecule is N#C[C@@H](C[C@H]1CCNC1=O)NC(=O)[C@H]1[C@@H]2CCC(F)(F)[C@@H]2CN1C(=O)C1(O)c2ccccc2-c2ccccc21. The van der Waals surface area contributed by atoms with Crippen LogP contribution in [0.4, 0.5) is 8.78 Å². The Morgan fingerprint density at radius 2 is 1.77 bits per heavy atom. The molecule has 0 spiro atoms. The van der Waals surface area contributed by atoms with Crippen LogP contribution in [0.25, 0.3) is 11.1 Å². The van der Waals surface area contributed by atoms with Crippen molar-refractivity contribution in [1.29, 1.82) is 5.26 Å². The zero-order valence-electron chi connectivity index (χ0n) is 21.1. The zero-order chi connectivity index (χ0) is 27.5. The maximum Gasteiger partial charge on any atom is 0.264 e. The predicted molar refractivity (Wildman–Crippen MR) is 135 cm³/mol. The number of fused-ring (bicyclic) bond motifs is 4. The van der Waals surface area contributed by atoms with E-state index in [0.29, 0.717) is 35.2 Å². The number of rotatable bonds is 5. The first-order valence-electron chi connectivity index (χ1n) is 13.2. The number of hydrogen-bond donors (Lipinski definition) is 3. The van der Waals surface area contributed by atoms with Crippen LogP contribution in [0.2, 0.25) is 0 Å². The van der Waals surface area contributed by atoms with Crippen LogP contribution in [0.15, 0.2) is 48.5 Å². The van der Waals surface area contributed by atoms with Gasteiger partial charge in [-0.05, 0) is 36.3 Å². The molecule has 2 saturated heterocycles. The van der Waals surface area contributed by atoms with Crippen LogP contribution in [0.5, 0.6) is 0 Å². The lowest BCUT2D eigenvalue weighted by Gasteiger charge is -2.34. The van der Waals surface area contributed by atoms with Crippen molar-refractivity contribution in [3.05, 3.63) is 59.7 Å². The van der Waals surface area contributed by atoms with E-state index in [4.69, 9.17) is 0 Å². The highest BCUT2D eigenvalue weighted by Crippen LogP contribution is 2.54. The molecule has 10 heteroatoms. The number of benzene rings is 2. The van der Waals surface area contributed by atoms with E-state index in [1.807, 2.05) is 6.07 Å². The Morgan fingerprint density at radius 3 is 2.36 bits per heavy atom. The van der Waals surface area contributed by atoms with Gasteiger partial charge >= 0.3 is 0 Å².